The first kappa shape index (κ1) is 12.9. The highest BCUT2D eigenvalue weighted by Gasteiger charge is 2.13. The second-order valence-corrected chi connectivity index (χ2v) is 3.22. The Morgan fingerprint density at radius 3 is 2.43 bits per heavy atom. The highest BCUT2D eigenvalue weighted by atomic mass is 16.5. The largest absolute Gasteiger partial charge is 0.481 e. The molecule has 14 heavy (non-hydrogen) atoms. The van der Waals surface area contributed by atoms with Gasteiger partial charge in [0.15, 0.2) is 0 Å². The minimum absolute atomic E-state index is 0.0805. The second kappa shape index (κ2) is 7.35. The lowest BCUT2D eigenvalue weighted by atomic mass is 9.97. The Hall–Kier alpha value is -1.06. The molecule has 1 unspecified atom stereocenters. The van der Waals surface area contributed by atoms with Crippen molar-refractivity contribution >= 4 is 11.9 Å². The van der Waals surface area contributed by atoms with Crippen LogP contribution in [0.5, 0.6) is 0 Å². The van der Waals surface area contributed by atoms with E-state index in [1.165, 1.54) is 0 Å². The number of carbonyl (C=O) groups excluding carboxylic acids is 1. The Morgan fingerprint density at radius 1 is 1.36 bits per heavy atom. The third-order valence-corrected chi connectivity index (χ3v) is 2.10. The van der Waals surface area contributed by atoms with Crippen LogP contribution in [-0.2, 0) is 14.3 Å². The van der Waals surface area contributed by atoms with Crippen molar-refractivity contribution in [2.45, 2.75) is 39.5 Å². The van der Waals surface area contributed by atoms with Crippen LogP contribution in [0.15, 0.2) is 0 Å². The Morgan fingerprint density at radius 2 is 2.00 bits per heavy atom. The van der Waals surface area contributed by atoms with Gasteiger partial charge in [-0.3, -0.25) is 9.59 Å². The van der Waals surface area contributed by atoms with E-state index in [9.17, 15) is 9.59 Å². The molecule has 0 amide bonds. The maximum Gasteiger partial charge on any atom is 0.305 e. The van der Waals surface area contributed by atoms with Crippen molar-refractivity contribution < 1.29 is 19.4 Å². The van der Waals surface area contributed by atoms with Gasteiger partial charge in [-0.25, -0.2) is 0 Å². The molecule has 0 aliphatic carbocycles. The summed E-state index contributed by atoms with van der Waals surface area (Å²) >= 11 is 0. The molecule has 4 nitrogen and oxygen atoms in total. The lowest BCUT2D eigenvalue weighted by Gasteiger charge is -2.10. The normalized spacial score (nSPS) is 12.1. The number of aliphatic carboxylic acids is 1. The fourth-order valence-electron chi connectivity index (χ4n) is 1.25. The standard InChI is InChI=1S/C10H18O4/c1-3-8(7-9(11)12)5-6-10(13)14-4-2/h8H,3-7H2,1-2H3,(H,11,12). The zero-order valence-electron chi connectivity index (χ0n) is 8.78. The lowest BCUT2D eigenvalue weighted by molar-refractivity contribution is -0.144. The maximum absolute atomic E-state index is 11.0. The van der Waals surface area contributed by atoms with Crippen molar-refractivity contribution in [1.82, 2.24) is 0 Å². The smallest absolute Gasteiger partial charge is 0.305 e. The highest BCUT2D eigenvalue weighted by molar-refractivity contribution is 5.70. The molecule has 0 radical (unpaired) electrons. The molecule has 0 aliphatic heterocycles. The molecule has 0 spiro atoms. The predicted molar refractivity (Wildman–Crippen MR) is 51.9 cm³/mol. The van der Waals surface area contributed by atoms with Gasteiger partial charge in [0.2, 0.25) is 0 Å². The zero-order chi connectivity index (χ0) is 11.0. The van der Waals surface area contributed by atoms with Crippen LogP contribution in [0.3, 0.4) is 0 Å². The summed E-state index contributed by atoms with van der Waals surface area (Å²) in [5, 5.41) is 8.57. The Labute approximate surface area is 84.3 Å². The van der Waals surface area contributed by atoms with E-state index < -0.39 is 5.97 Å². The average Bonchev–Trinajstić information content (AvgIpc) is 2.12. The summed E-state index contributed by atoms with van der Waals surface area (Å²) < 4.78 is 4.76. The van der Waals surface area contributed by atoms with Crippen molar-refractivity contribution in [2.75, 3.05) is 6.61 Å². The van der Waals surface area contributed by atoms with E-state index in [0.717, 1.165) is 6.42 Å². The van der Waals surface area contributed by atoms with Crippen molar-refractivity contribution in [3.63, 3.8) is 0 Å². The highest BCUT2D eigenvalue weighted by Crippen LogP contribution is 2.15. The van der Waals surface area contributed by atoms with Gasteiger partial charge < -0.3 is 9.84 Å². The van der Waals surface area contributed by atoms with Crippen LogP contribution in [0, 0.1) is 5.92 Å². The van der Waals surface area contributed by atoms with Crippen molar-refractivity contribution in [2.24, 2.45) is 5.92 Å². The minimum Gasteiger partial charge on any atom is -0.481 e. The van der Waals surface area contributed by atoms with Crippen LogP contribution in [0.1, 0.15) is 39.5 Å². The van der Waals surface area contributed by atoms with Crippen LogP contribution in [-0.4, -0.2) is 23.7 Å². The number of carboxylic acid groups (broad SMARTS) is 1. The number of ether oxygens (including phenoxy) is 1. The van der Waals surface area contributed by atoms with E-state index in [1.54, 1.807) is 6.92 Å². The van der Waals surface area contributed by atoms with Crippen molar-refractivity contribution in [1.29, 1.82) is 0 Å². The van der Waals surface area contributed by atoms with Crippen molar-refractivity contribution in [3.05, 3.63) is 0 Å². The average molecular weight is 202 g/mol. The van der Waals surface area contributed by atoms with Gasteiger partial charge in [-0.15, -0.1) is 0 Å². The quantitative estimate of drug-likeness (QED) is 0.640. The second-order valence-electron chi connectivity index (χ2n) is 3.22. The van der Waals surface area contributed by atoms with E-state index in [-0.39, 0.29) is 18.3 Å². The Bertz CT molecular complexity index is 189. The number of rotatable bonds is 7. The van der Waals surface area contributed by atoms with Gasteiger partial charge in [-0.05, 0) is 19.3 Å². The van der Waals surface area contributed by atoms with Crippen LogP contribution < -0.4 is 0 Å². The van der Waals surface area contributed by atoms with E-state index in [0.29, 0.717) is 19.4 Å². The number of hydrogen-bond acceptors (Lipinski definition) is 3. The molecule has 0 saturated heterocycles. The van der Waals surface area contributed by atoms with E-state index in [1.807, 2.05) is 6.92 Å². The summed E-state index contributed by atoms with van der Waals surface area (Å²) in [5.74, 6) is -0.964. The van der Waals surface area contributed by atoms with Crippen LogP contribution in [0.25, 0.3) is 0 Å². The monoisotopic (exact) mass is 202 g/mol. The molecule has 0 aromatic rings. The van der Waals surface area contributed by atoms with E-state index in [4.69, 9.17) is 9.84 Å². The molecular weight excluding hydrogens is 184 g/mol. The van der Waals surface area contributed by atoms with Crippen LogP contribution >= 0.6 is 0 Å². The first-order valence-corrected chi connectivity index (χ1v) is 4.97. The lowest BCUT2D eigenvalue weighted by Crippen LogP contribution is -2.11. The summed E-state index contributed by atoms with van der Waals surface area (Å²) in [7, 11) is 0. The molecule has 4 heteroatoms. The molecule has 0 bridgehead atoms. The minimum atomic E-state index is -0.805. The summed E-state index contributed by atoms with van der Waals surface area (Å²) in [6, 6.07) is 0. The molecule has 0 saturated carbocycles. The fourth-order valence-corrected chi connectivity index (χ4v) is 1.25. The number of esters is 1. The Kier molecular flexibility index (Phi) is 6.80. The van der Waals surface area contributed by atoms with E-state index >= 15 is 0 Å². The topological polar surface area (TPSA) is 63.6 Å². The first-order chi connectivity index (χ1) is 6.60. The summed E-state index contributed by atoms with van der Waals surface area (Å²) in [6.07, 6.45) is 1.84. The van der Waals surface area contributed by atoms with Gasteiger partial charge in [0.1, 0.15) is 0 Å². The van der Waals surface area contributed by atoms with Crippen molar-refractivity contribution in [3.8, 4) is 0 Å². The Balaban J connectivity index is 3.71. The zero-order valence-corrected chi connectivity index (χ0v) is 8.78. The molecule has 1 N–H and O–H groups in total. The molecule has 0 aliphatic rings. The van der Waals surface area contributed by atoms with E-state index in [2.05, 4.69) is 0 Å². The number of carboxylic acids is 1. The molecule has 0 rings (SSSR count). The third-order valence-electron chi connectivity index (χ3n) is 2.10. The molecule has 1 atom stereocenters. The number of hydrogen-bond donors (Lipinski definition) is 1. The summed E-state index contributed by atoms with van der Waals surface area (Å²) in [5.41, 5.74) is 0. The SMILES string of the molecule is CCOC(=O)CCC(CC)CC(=O)O. The molecule has 0 aromatic carbocycles. The van der Waals surface area contributed by atoms with Gasteiger partial charge in [0.05, 0.1) is 6.61 Å². The fraction of sp³-hybridized carbons (Fsp3) is 0.800. The molecule has 0 aromatic heterocycles. The molecule has 0 heterocycles. The number of carbonyl (C=O) groups is 2. The molecular formula is C10H18O4. The summed E-state index contributed by atoms with van der Waals surface area (Å²) in [4.78, 5) is 21.4. The van der Waals surface area contributed by atoms with Gasteiger partial charge in [0, 0.05) is 12.8 Å². The first-order valence-electron chi connectivity index (χ1n) is 4.97. The third kappa shape index (κ3) is 6.46. The van der Waals surface area contributed by atoms with Gasteiger partial charge >= 0.3 is 11.9 Å². The van der Waals surface area contributed by atoms with Crippen LogP contribution in [0.2, 0.25) is 0 Å². The predicted octanol–water partition coefficient (Wildman–Crippen LogP) is 1.83. The van der Waals surface area contributed by atoms with Gasteiger partial charge in [-0.2, -0.15) is 0 Å². The van der Waals surface area contributed by atoms with Crippen LogP contribution in [0.4, 0.5) is 0 Å². The van der Waals surface area contributed by atoms with Gasteiger partial charge in [0.25, 0.3) is 0 Å². The molecule has 82 valence electrons. The van der Waals surface area contributed by atoms with Gasteiger partial charge in [-0.1, -0.05) is 13.3 Å². The molecule has 0 fully saturated rings. The summed E-state index contributed by atoms with van der Waals surface area (Å²) in [6.45, 7) is 4.07. The maximum atomic E-state index is 11.0.